The number of phenols is 1. The van der Waals surface area contributed by atoms with Gasteiger partial charge in [0.25, 0.3) is 0 Å². The molecule has 0 aromatic heterocycles. The number of fused-ring (bicyclic) bond motifs is 3. The Hall–Kier alpha value is -1.22. The molecule has 1 saturated carbocycles. The minimum absolute atomic E-state index is 0.320. The number of ether oxygens (including phenoxy) is 1. The normalized spacial score (nSPS) is 35.3. The molecule has 3 heteroatoms. The summed E-state index contributed by atoms with van der Waals surface area (Å²) in [7, 11) is 0. The minimum Gasteiger partial charge on any atom is -0.504 e. The van der Waals surface area contributed by atoms with Gasteiger partial charge in [-0.25, -0.2) is 0 Å². The Kier molecular flexibility index (Phi) is 3.16. The highest BCUT2D eigenvalue weighted by Gasteiger charge is 2.52. The molecule has 1 aromatic rings. The summed E-state index contributed by atoms with van der Waals surface area (Å²) in [5, 5.41) is 14.5. The monoisotopic (exact) mass is 313 g/mol. The number of benzene rings is 1. The Bertz CT molecular complexity index is 637. The zero-order valence-electron chi connectivity index (χ0n) is 13.9. The van der Waals surface area contributed by atoms with Crippen molar-refractivity contribution in [1.82, 2.24) is 5.32 Å². The minimum atomic E-state index is 0.320. The van der Waals surface area contributed by atoms with Crippen LogP contribution in [0.1, 0.15) is 61.6 Å². The first-order valence-corrected chi connectivity index (χ1v) is 9.54. The topological polar surface area (TPSA) is 41.5 Å². The molecule has 124 valence electrons. The van der Waals surface area contributed by atoms with E-state index in [-0.39, 0.29) is 0 Å². The van der Waals surface area contributed by atoms with Crippen LogP contribution in [0.4, 0.5) is 0 Å². The molecule has 2 bridgehead atoms. The SMILES string of the molecule is Oc1cc2c(c3c1OCCCC3)C[C@@H]1NCC[C@]23CCCCC13. The number of nitrogens with one attached hydrogen (secondary N) is 1. The van der Waals surface area contributed by atoms with Crippen molar-refractivity contribution in [3.8, 4) is 11.5 Å². The van der Waals surface area contributed by atoms with Crippen molar-refractivity contribution in [2.75, 3.05) is 13.2 Å². The Morgan fingerprint density at radius 2 is 2.09 bits per heavy atom. The van der Waals surface area contributed by atoms with Crippen LogP contribution in [0.2, 0.25) is 0 Å². The lowest BCUT2D eigenvalue weighted by atomic mass is 9.52. The van der Waals surface area contributed by atoms with Crippen LogP contribution in [0, 0.1) is 5.92 Å². The zero-order chi connectivity index (χ0) is 15.4. The van der Waals surface area contributed by atoms with Crippen molar-refractivity contribution in [1.29, 1.82) is 0 Å². The third-order valence-electron chi connectivity index (χ3n) is 7.07. The van der Waals surface area contributed by atoms with E-state index in [1.54, 1.807) is 0 Å². The largest absolute Gasteiger partial charge is 0.504 e. The fraction of sp³-hybridized carbons (Fsp3) is 0.700. The summed E-state index contributed by atoms with van der Waals surface area (Å²) in [6, 6.07) is 2.73. The second kappa shape index (κ2) is 5.14. The molecular weight excluding hydrogens is 286 g/mol. The Labute approximate surface area is 138 Å². The van der Waals surface area contributed by atoms with Crippen LogP contribution in [0.5, 0.6) is 11.5 Å². The lowest BCUT2D eigenvalue weighted by molar-refractivity contribution is 0.0790. The van der Waals surface area contributed by atoms with Gasteiger partial charge in [0.05, 0.1) is 6.61 Å². The standard InChI is InChI=1S/C20H27NO2/c22-18-12-16-14(13-5-2-4-10-23-19(13)18)11-17-15-6-1-3-7-20(15,16)8-9-21-17/h12,15,17,21-22H,1-11H2/t15?,17-,20-/m0/s1. The lowest BCUT2D eigenvalue weighted by Crippen LogP contribution is -2.59. The maximum atomic E-state index is 10.7. The molecule has 4 aliphatic rings. The molecular formula is C20H27NO2. The van der Waals surface area contributed by atoms with E-state index in [0.29, 0.717) is 17.2 Å². The van der Waals surface area contributed by atoms with Gasteiger partial charge in [-0.1, -0.05) is 12.8 Å². The summed E-state index contributed by atoms with van der Waals surface area (Å²) in [4.78, 5) is 0. The van der Waals surface area contributed by atoms with Gasteiger partial charge in [0.15, 0.2) is 11.5 Å². The van der Waals surface area contributed by atoms with E-state index in [1.807, 2.05) is 0 Å². The van der Waals surface area contributed by atoms with E-state index in [9.17, 15) is 5.11 Å². The van der Waals surface area contributed by atoms with Crippen molar-refractivity contribution >= 4 is 0 Å². The molecule has 5 rings (SSSR count). The average molecular weight is 313 g/mol. The predicted octanol–water partition coefficient (Wildman–Crippen LogP) is 3.45. The Balaban J connectivity index is 1.73. The third kappa shape index (κ3) is 1.92. The first-order chi connectivity index (χ1) is 11.3. The van der Waals surface area contributed by atoms with E-state index >= 15 is 0 Å². The fourth-order valence-electron chi connectivity index (χ4n) is 6.11. The van der Waals surface area contributed by atoms with E-state index in [4.69, 9.17) is 4.74 Å². The summed E-state index contributed by atoms with van der Waals surface area (Å²) >= 11 is 0. The molecule has 2 fully saturated rings. The summed E-state index contributed by atoms with van der Waals surface area (Å²) in [6.07, 6.45) is 11.1. The van der Waals surface area contributed by atoms with Crippen molar-refractivity contribution in [2.45, 2.75) is 69.2 Å². The van der Waals surface area contributed by atoms with Crippen LogP contribution in [-0.4, -0.2) is 24.3 Å². The zero-order valence-corrected chi connectivity index (χ0v) is 13.9. The van der Waals surface area contributed by atoms with Gasteiger partial charge in [0.1, 0.15) is 0 Å². The predicted molar refractivity (Wildman–Crippen MR) is 90.3 cm³/mol. The van der Waals surface area contributed by atoms with Gasteiger partial charge in [-0.3, -0.25) is 0 Å². The van der Waals surface area contributed by atoms with Crippen molar-refractivity contribution in [3.63, 3.8) is 0 Å². The van der Waals surface area contributed by atoms with Gasteiger partial charge in [-0.15, -0.1) is 0 Å². The summed E-state index contributed by atoms with van der Waals surface area (Å²) in [5.74, 6) is 1.96. The number of hydrogen-bond donors (Lipinski definition) is 2. The molecule has 1 saturated heterocycles. The second-order valence-electron chi connectivity index (χ2n) is 8.06. The molecule has 1 unspecified atom stereocenters. The molecule has 2 heterocycles. The fourth-order valence-corrected chi connectivity index (χ4v) is 6.11. The molecule has 2 N–H and O–H groups in total. The Morgan fingerprint density at radius 1 is 1.13 bits per heavy atom. The summed E-state index contributed by atoms with van der Waals surface area (Å²) in [6.45, 7) is 1.88. The smallest absolute Gasteiger partial charge is 0.164 e. The highest BCUT2D eigenvalue weighted by Crippen LogP contribution is 2.56. The summed E-state index contributed by atoms with van der Waals surface area (Å²) < 4.78 is 5.93. The highest BCUT2D eigenvalue weighted by molar-refractivity contribution is 5.58. The van der Waals surface area contributed by atoms with E-state index in [1.165, 1.54) is 55.2 Å². The molecule has 1 aromatic carbocycles. The molecule has 23 heavy (non-hydrogen) atoms. The number of phenolic OH excluding ortho intramolecular Hbond substituents is 1. The van der Waals surface area contributed by atoms with Crippen LogP contribution >= 0.6 is 0 Å². The van der Waals surface area contributed by atoms with Gasteiger partial charge in [-0.2, -0.15) is 0 Å². The van der Waals surface area contributed by atoms with Gasteiger partial charge < -0.3 is 15.2 Å². The molecule has 2 aliphatic carbocycles. The van der Waals surface area contributed by atoms with Crippen molar-refractivity contribution in [3.05, 3.63) is 22.8 Å². The third-order valence-corrected chi connectivity index (χ3v) is 7.07. The maximum Gasteiger partial charge on any atom is 0.164 e. The van der Waals surface area contributed by atoms with Crippen LogP contribution in [-0.2, 0) is 18.3 Å². The first kappa shape index (κ1) is 14.2. The second-order valence-corrected chi connectivity index (χ2v) is 8.06. The first-order valence-electron chi connectivity index (χ1n) is 9.54. The van der Waals surface area contributed by atoms with Crippen molar-refractivity contribution in [2.24, 2.45) is 5.92 Å². The molecule has 0 amide bonds. The molecule has 2 aliphatic heterocycles. The number of rotatable bonds is 0. The lowest BCUT2D eigenvalue weighted by Gasteiger charge is -2.56. The maximum absolute atomic E-state index is 10.7. The Morgan fingerprint density at radius 3 is 3.04 bits per heavy atom. The number of hydrogen-bond acceptors (Lipinski definition) is 3. The van der Waals surface area contributed by atoms with Crippen LogP contribution in [0.15, 0.2) is 6.07 Å². The van der Waals surface area contributed by atoms with E-state index in [2.05, 4.69) is 11.4 Å². The molecule has 0 spiro atoms. The number of aromatic hydroxyl groups is 1. The van der Waals surface area contributed by atoms with Crippen LogP contribution in [0.3, 0.4) is 0 Å². The molecule has 0 radical (unpaired) electrons. The van der Waals surface area contributed by atoms with E-state index in [0.717, 1.165) is 44.1 Å². The van der Waals surface area contributed by atoms with E-state index < -0.39 is 0 Å². The molecule has 3 atom stereocenters. The number of piperidine rings is 1. The highest BCUT2D eigenvalue weighted by atomic mass is 16.5. The van der Waals surface area contributed by atoms with Crippen molar-refractivity contribution < 1.29 is 9.84 Å². The van der Waals surface area contributed by atoms with Crippen LogP contribution < -0.4 is 10.1 Å². The van der Waals surface area contributed by atoms with Gasteiger partial charge in [0.2, 0.25) is 0 Å². The van der Waals surface area contributed by atoms with Gasteiger partial charge in [-0.05, 0) is 74.6 Å². The quantitative estimate of drug-likeness (QED) is 0.771. The average Bonchev–Trinajstić information content (AvgIpc) is 2.83. The van der Waals surface area contributed by atoms with Gasteiger partial charge >= 0.3 is 0 Å². The van der Waals surface area contributed by atoms with Crippen LogP contribution in [0.25, 0.3) is 0 Å². The summed E-state index contributed by atoms with van der Waals surface area (Å²) in [5.41, 5.74) is 4.66. The van der Waals surface area contributed by atoms with Gasteiger partial charge in [0, 0.05) is 17.0 Å². The molecule has 3 nitrogen and oxygen atoms in total.